The summed E-state index contributed by atoms with van der Waals surface area (Å²) in [7, 11) is 1.72. The summed E-state index contributed by atoms with van der Waals surface area (Å²) in [6.45, 7) is 0.574. The van der Waals surface area contributed by atoms with Gasteiger partial charge in [-0.25, -0.2) is 9.18 Å². The Morgan fingerprint density at radius 1 is 1.21 bits per heavy atom. The van der Waals surface area contributed by atoms with E-state index >= 15 is 4.39 Å². The minimum absolute atomic E-state index is 0.124. The first-order valence-corrected chi connectivity index (χ1v) is 12.0. The summed E-state index contributed by atoms with van der Waals surface area (Å²) in [6.07, 6.45) is 3.71. The third-order valence-corrected chi connectivity index (χ3v) is 7.30. The molecule has 0 unspecified atom stereocenters. The maximum atomic E-state index is 15.3. The average Bonchev–Trinajstić information content (AvgIpc) is 3.34. The van der Waals surface area contributed by atoms with Crippen LogP contribution in [0, 0.1) is 5.41 Å². The van der Waals surface area contributed by atoms with E-state index in [-0.39, 0.29) is 38.6 Å². The van der Waals surface area contributed by atoms with E-state index < -0.39 is 40.6 Å². The van der Waals surface area contributed by atoms with Crippen molar-refractivity contribution in [3.63, 3.8) is 0 Å². The maximum absolute atomic E-state index is 15.3. The van der Waals surface area contributed by atoms with Gasteiger partial charge in [0.2, 0.25) is 11.6 Å². The van der Waals surface area contributed by atoms with Crippen LogP contribution in [-0.2, 0) is 37.3 Å². The zero-order valence-electron chi connectivity index (χ0n) is 19.5. The molecule has 1 aliphatic heterocycles. The van der Waals surface area contributed by atoms with E-state index in [1.807, 2.05) is 0 Å². The molecule has 0 spiro atoms. The Morgan fingerprint density at radius 3 is 2.44 bits per heavy atom. The first kappa shape index (κ1) is 24.5. The fourth-order valence-electron chi connectivity index (χ4n) is 5.08. The third kappa shape index (κ3) is 5.54. The largest absolute Gasteiger partial charge is 0.441 e. The van der Waals surface area contributed by atoms with Crippen LogP contribution in [0.5, 0.6) is 0 Å². The van der Waals surface area contributed by atoms with Crippen molar-refractivity contribution < 1.29 is 33.0 Å². The molecule has 0 aromatic carbocycles. The van der Waals surface area contributed by atoms with Crippen molar-refractivity contribution in [2.24, 2.45) is 12.5 Å². The van der Waals surface area contributed by atoms with Gasteiger partial charge in [-0.15, -0.1) is 0 Å². The van der Waals surface area contributed by atoms with Crippen LogP contribution in [0.2, 0.25) is 0 Å². The molecule has 2 saturated carbocycles. The summed E-state index contributed by atoms with van der Waals surface area (Å²) in [5.74, 6) is -1.61. The number of aromatic nitrogens is 2. The Bertz CT molecular complexity index is 946. The van der Waals surface area contributed by atoms with Crippen molar-refractivity contribution in [3.05, 3.63) is 18.0 Å². The lowest BCUT2D eigenvalue weighted by molar-refractivity contribution is -0.148. The van der Waals surface area contributed by atoms with Gasteiger partial charge in [-0.2, -0.15) is 5.10 Å². The van der Waals surface area contributed by atoms with Crippen LogP contribution in [0.3, 0.4) is 0 Å². The predicted molar refractivity (Wildman–Crippen MR) is 118 cm³/mol. The van der Waals surface area contributed by atoms with E-state index in [1.165, 1.54) is 0 Å². The van der Waals surface area contributed by atoms with Crippen molar-refractivity contribution in [2.75, 3.05) is 13.2 Å². The number of alkyl halides is 1. The Hall–Kier alpha value is -2.62. The van der Waals surface area contributed by atoms with E-state index in [1.54, 1.807) is 24.0 Å². The number of aryl methyl sites for hydroxylation is 1. The van der Waals surface area contributed by atoms with Gasteiger partial charge in [0, 0.05) is 31.5 Å². The van der Waals surface area contributed by atoms with Gasteiger partial charge in [-0.05, 0) is 31.7 Å². The number of rotatable bonds is 11. The molecule has 34 heavy (non-hydrogen) atoms. The molecule has 2 heterocycles. The summed E-state index contributed by atoms with van der Waals surface area (Å²) in [4.78, 5) is 51.5. The van der Waals surface area contributed by atoms with E-state index in [4.69, 9.17) is 9.47 Å². The van der Waals surface area contributed by atoms with E-state index in [0.29, 0.717) is 31.4 Å². The number of carbonyl (C=O) groups is 4. The molecular weight excluding hydrogens is 445 g/mol. The van der Waals surface area contributed by atoms with Gasteiger partial charge in [0.05, 0.1) is 31.4 Å². The molecule has 2 aliphatic carbocycles. The van der Waals surface area contributed by atoms with Crippen LogP contribution in [0.4, 0.5) is 9.18 Å². The minimum atomic E-state index is -1.54. The monoisotopic (exact) mass is 477 g/mol. The Morgan fingerprint density at radius 2 is 1.91 bits per heavy atom. The van der Waals surface area contributed by atoms with Crippen molar-refractivity contribution in [3.8, 4) is 0 Å². The maximum Gasteiger partial charge on any atom is 0.408 e. The number of carbonyl (C=O) groups excluding carboxylic acids is 4. The molecule has 4 rings (SSSR count). The van der Waals surface area contributed by atoms with Crippen LogP contribution in [0.15, 0.2) is 12.3 Å². The molecule has 1 saturated heterocycles. The predicted octanol–water partition coefficient (Wildman–Crippen LogP) is 2.40. The third-order valence-electron chi connectivity index (χ3n) is 7.30. The minimum Gasteiger partial charge on any atom is -0.441 e. The number of nitrogens with one attached hydrogen (secondary N) is 1. The first-order valence-electron chi connectivity index (χ1n) is 12.0. The lowest BCUT2D eigenvalue weighted by Gasteiger charge is -2.40. The number of nitrogens with zero attached hydrogens (tertiary/aromatic N) is 2. The van der Waals surface area contributed by atoms with Crippen LogP contribution >= 0.6 is 0 Å². The summed E-state index contributed by atoms with van der Waals surface area (Å²) in [5.41, 5.74) is -2.14. The molecule has 1 aromatic heterocycles. The number of Topliss-reactive ketones (excluding diaryl/α,β-unsaturated/α-hetero) is 3. The standard InChI is InChI=1S/C24H32FN3O6/c1-28-10-5-16(27-28)11-19(29)21(31)23(6-4-7-23)13-20(30)18(12-24(25)8-2-3-9-24)26-22(32)34-17-14-33-15-17/h5,10,17-18H,2-4,6-9,11-15H2,1H3,(H,26,32)/t18-/m0/s1. The number of hydrogen-bond acceptors (Lipinski definition) is 7. The zero-order valence-corrected chi connectivity index (χ0v) is 19.5. The molecule has 3 aliphatic rings. The molecule has 1 amide bonds. The van der Waals surface area contributed by atoms with Crippen molar-refractivity contribution in [1.29, 1.82) is 0 Å². The van der Waals surface area contributed by atoms with Crippen molar-refractivity contribution in [2.45, 2.75) is 82.0 Å². The van der Waals surface area contributed by atoms with Crippen molar-refractivity contribution >= 4 is 23.4 Å². The molecule has 186 valence electrons. The molecule has 10 heteroatoms. The Labute approximate surface area is 197 Å². The smallest absolute Gasteiger partial charge is 0.408 e. The fourth-order valence-corrected chi connectivity index (χ4v) is 5.08. The summed E-state index contributed by atoms with van der Waals surface area (Å²) < 4.78 is 27.0. The summed E-state index contributed by atoms with van der Waals surface area (Å²) >= 11 is 0. The molecule has 1 atom stereocenters. The second-order valence-corrected chi connectivity index (χ2v) is 10.0. The number of alkyl carbamates (subject to hydrolysis) is 1. The van der Waals surface area contributed by atoms with E-state index in [9.17, 15) is 19.2 Å². The number of ether oxygens (including phenoxy) is 2. The van der Waals surface area contributed by atoms with Crippen LogP contribution in [0.1, 0.15) is 63.5 Å². The van der Waals surface area contributed by atoms with E-state index in [2.05, 4.69) is 10.4 Å². The number of ketones is 3. The lowest BCUT2D eigenvalue weighted by Crippen LogP contribution is -2.51. The zero-order chi connectivity index (χ0) is 24.3. The van der Waals surface area contributed by atoms with Gasteiger partial charge in [0.15, 0.2) is 11.9 Å². The quantitative estimate of drug-likeness (QED) is 0.487. The summed E-state index contributed by atoms with van der Waals surface area (Å²) in [5, 5.41) is 6.68. The molecule has 1 N–H and O–H groups in total. The molecular formula is C24H32FN3O6. The van der Waals surface area contributed by atoms with Gasteiger partial charge >= 0.3 is 6.09 Å². The normalized spacial score (nSPS) is 21.7. The highest BCUT2D eigenvalue weighted by molar-refractivity contribution is 6.40. The highest BCUT2D eigenvalue weighted by atomic mass is 19.1. The van der Waals surface area contributed by atoms with Gasteiger partial charge < -0.3 is 14.8 Å². The number of halogens is 1. The molecule has 3 fully saturated rings. The Kier molecular flexibility index (Phi) is 7.16. The van der Waals surface area contributed by atoms with Gasteiger partial charge in [-0.1, -0.05) is 19.3 Å². The SMILES string of the molecule is Cn1ccc(CC(=O)C(=O)C2(CC(=O)[C@H](CC3(F)CCCC3)NC(=O)OC3COC3)CCC2)n1. The molecule has 0 bridgehead atoms. The topological polar surface area (TPSA) is 117 Å². The van der Waals surface area contributed by atoms with Gasteiger partial charge in [0.25, 0.3) is 0 Å². The van der Waals surface area contributed by atoms with Crippen molar-refractivity contribution in [1.82, 2.24) is 15.1 Å². The van der Waals surface area contributed by atoms with Crippen LogP contribution < -0.4 is 5.32 Å². The molecule has 0 radical (unpaired) electrons. The van der Waals surface area contributed by atoms with Gasteiger partial charge in [-0.3, -0.25) is 19.1 Å². The fraction of sp³-hybridized carbons (Fsp3) is 0.708. The lowest BCUT2D eigenvalue weighted by atomic mass is 9.61. The van der Waals surface area contributed by atoms with Crippen LogP contribution in [0.25, 0.3) is 0 Å². The average molecular weight is 478 g/mol. The number of amides is 1. The highest BCUT2D eigenvalue weighted by Gasteiger charge is 2.49. The second-order valence-electron chi connectivity index (χ2n) is 10.0. The first-order chi connectivity index (χ1) is 16.2. The Balaban J connectivity index is 1.43. The van der Waals surface area contributed by atoms with Crippen LogP contribution in [-0.4, -0.2) is 64.3 Å². The van der Waals surface area contributed by atoms with E-state index in [0.717, 1.165) is 19.3 Å². The molecule has 1 aromatic rings. The highest BCUT2D eigenvalue weighted by Crippen LogP contribution is 2.46. The number of hydrogen-bond donors (Lipinski definition) is 1. The second kappa shape index (κ2) is 9.93. The van der Waals surface area contributed by atoms with Gasteiger partial charge in [0.1, 0.15) is 5.67 Å². The molecule has 9 nitrogen and oxygen atoms in total. The summed E-state index contributed by atoms with van der Waals surface area (Å²) in [6, 6.07) is 0.554.